The van der Waals surface area contributed by atoms with Crippen molar-refractivity contribution in [3.63, 3.8) is 0 Å². The van der Waals surface area contributed by atoms with Gasteiger partial charge in [-0.2, -0.15) is 0 Å². The van der Waals surface area contributed by atoms with Crippen LogP contribution in [0.5, 0.6) is 0 Å². The minimum atomic E-state index is 0.581. The average Bonchev–Trinajstić information content (AvgIpc) is 2.20. The van der Waals surface area contributed by atoms with Crippen molar-refractivity contribution in [2.24, 2.45) is 16.7 Å². The molecule has 0 amide bonds. The molecule has 0 nitrogen and oxygen atoms in total. The second-order valence-corrected chi connectivity index (χ2v) is 6.18. The van der Waals surface area contributed by atoms with Gasteiger partial charge in [0.15, 0.2) is 0 Å². The van der Waals surface area contributed by atoms with E-state index in [-0.39, 0.29) is 0 Å². The summed E-state index contributed by atoms with van der Waals surface area (Å²) in [7, 11) is 0. The lowest BCUT2D eigenvalue weighted by Crippen LogP contribution is -2.32. The third kappa shape index (κ3) is 0.760. The maximum absolute atomic E-state index is 3.83. The van der Waals surface area contributed by atoms with Crippen LogP contribution in [0.1, 0.15) is 40.0 Å². The van der Waals surface area contributed by atoms with Gasteiger partial charge in [-0.25, -0.2) is 0 Å². The Hall–Kier alpha value is 0.480. The van der Waals surface area contributed by atoms with E-state index in [4.69, 9.17) is 0 Å². The smallest absolute Gasteiger partial charge is 0.0207 e. The molecule has 0 radical (unpaired) electrons. The Bertz CT molecular complexity index is 185. The Kier molecular flexibility index (Phi) is 1.50. The van der Waals surface area contributed by atoms with Gasteiger partial charge in [0.2, 0.25) is 0 Å². The van der Waals surface area contributed by atoms with Crippen LogP contribution in [0.25, 0.3) is 0 Å². The van der Waals surface area contributed by atoms with Crippen molar-refractivity contribution in [1.82, 2.24) is 0 Å². The summed E-state index contributed by atoms with van der Waals surface area (Å²) < 4.78 is 0. The van der Waals surface area contributed by atoms with Crippen LogP contribution in [0, 0.1) is 16.7 Å². The quantitative estimate of drug-likeness (QED) is 0.544. The Morgan fingerprint density at radius 3 is 2.09 bits per heavy atom. The highest BCUT2D eigenvalue weighted by Crippen LogP contribution is 2.67. The van der Waals surface area contributed by atoms with Crippen molar-refractivity contribution in [2.75, 3.05) is 0 Å². The van der Waals surface area contributed by atoms with E-state index in [9.17, 15) is 0 Å². The predicted octanol–water partition coefficient (Wildman–Crippen LogP) is 3.60. The van der Waals surface area contributed by atoms with Gasteiger partial charge in [0.1, 0.15) is 0 Å². The first-order valence-corrected chi connectivity index (χ1v) is 5.54. The fraction of sp³-hybridized carbons (Fsp3) is 1.00. The predicted molar refractivity (Wildman–Crippen MR) is 51.9 cm³/mol. The highest BCUT2D eigenvalue weighted by Gasteiger charge is 2.60. The van der Waals surface area contributed by atoms with Gasteiger partial charge in [0, 0.05) is 4.83 Å². The number of halogens is 1. The first-order valence-electron chi connectivity index (χ1n) is 4.62. The summed E-state index contributed by atoms with van der Waals surface area (Å²) >= 11 is 3.83. The molecule has 11 heavy (non-hydrogen) atoms. The van der Waals surface area contributed by atoms with Crippen molar-refractivity contribution >= 4 is 15.9 Å². The SMILES string of the molecule is CC1(C)[C@@H]2CC[C@@]1(C)[C@H](Br)C2. The molecule has 0 N–H and O–H groups in total. The lowest BCUT2D eigenvalue weighted by atomic mass is 9.71. The molecule has 2 bridgehead atoms. The molecule has 2 rings (SSSR count). The molecular formula is C10H17Br. The molecule has 2 aliphatic rings. The van der Waals surface area contributed by atoms with Gasteiger partial charge < -0.3 is 0 Å². The molecule has 2 fully saturated rings. The number of rotatable bonds is 0. The standard InChI is InChI=1S/C10H17Br/c1-9(2)7-4-5-10(9,3)8(11)6-7/h7-8H,4-6H2,1-3H3/t7-,8-,10+/m1/s1. The van der Waals surface area contributed by atoms with E-state index < -0.39 is 0 Å². The van der Waals surface area contributed by atoms with Gasteiger partial charge in [0.05, 0.1) is 0 Å². The van der Waals surface area contributed by atoms with E-state index in [2.05, 4.69) is 36.7 Å². The zero-order valence-corrected chi connectivity index (χ0v) is 9.24. The van der Waals surface area contributed by atoms with E-state index in [1.165, 1.54) is 19.3 Å². The summed E-state index contributed by atoms with van der Waals surface area (Å²) in [6.45, 7) is 7.36. The zero-order valence-electron chi connectivity index (χ0n) is 7.65. The highest BCUT2D eigenvalue weighted by atomic mass is 79.9. The van der Waals surface area contributed by atoms with Gasteiger partial charge >= 0.3 is 0 Å². The van der Waals surface area contributed by atoms with Crippen LogP contribution in [0.4, 0.5) is 0 Å². The topological polar surface area (TPSA) is 0 Å². The fourth-order valence-corrected chi connectivity index (χ4v) is 4.38. The first-order chi connectivity index (χ1) is 4.98. The molecule has 2 aliphatic carbocycles. The van der Waals surface area contributed by atoms with E-state index in [0.29, 0.717) is 10.8 Å². The monoisotopic (exact) mass is 216 g/mol. The normalized spacial score (nSPS) is 53.5. The largest absolute Gasteiger partial charge is 0.0884 e. The lowest BCUT2D eigenvalue weighted by Gasteiger charge is -2.36. The molecule has 0 unspecified atom stereocenters. The van der Waals surface area contributed by atoms with Crippen LogP contribution < -0.4 is 0 Å². The van der Waals surface area contributed by atoms with Gasteiger partial charge in [-0.05, 0) is 36.0 Å². The Labute approximate surface area is 77.9 Å². The Balaban J connectivity index is 2.40. The number of alkyl halides is 1. The summed E-state index contributed by atoms with van der Waals surface area (Å²) in [5.41, 5.74) is 1.17. The molecule has 0 aliphatic heterocycles. The highest BCUT2D eigenvalue weighted by molar-refractivity contribution is 9.09. The van der Waals surface area contributed by atoms with Crippen LogP contribution in [0.2, 0.25) is 0 Å². The van der Waals surface area contributed by atoms with Crippen molar-refractivity contribution in [3.8, 4) is 0 Å². The molecule has 0 saturated heterocycles. The van der Waals surface area contributed by atoms with E-state index in [1.54, 1.807) is 0 Å². The second-order valence-electron chi connectivity index (χ2n) is 5.08. The molecular weight excluding hydrogens is 200 g/mol. The van der Waals surface area contributed by atoms with E-state index in [0.717, 1.165) is 10.7 Å². The molecule has 0 aromatic heterocycles. The molecule has 0 heterocycles. The number of hydrogen-bond acceptors (Lipinski definition) is 0. The molecule has 2 saturated carbocycles. The summed E-state index contributed by atoms with van der Waals surface area (Å²) in [4.78, 5) is 0.781. The lowest BCUT2D eigenvalue weighted by molar-refractivity contribution is 0.158. The fourth-order valence-electron chi connectivity index (χ4n) is 3.11. The van der Waals surface area contributed by atoms with Crippen LogP contribution in [0.3, 0.4) is 0 Å². The van der Waals surface area contributed by atoms with Gasteiger partial charge in [0.25, 0.3) is 0 Å². The van der Waals surface area contributed by atoms with Crippen molar-refractivity contribution < 1.29 is 0 Å². The molecule has 1 heteroatoms. The summed E-state index contributed by atoms with van der Waals surface area (Å²) in [6, 6.07) is 0. The van der Waals surface area contributed by atoms with Gasteiger partial charge in [-0.15, -0.1) is 0 Å². The number of hydrogen-bond donors (Lipinski definition) is 0. The Morgan fingerprint density at radius 1 is 1.27 bits per heavy atom. The molecule has 0 aromatic rings. The minimum absolute atomic E-state index is 0.581. The van der Waals surface area contributed by atoms with Crippen LogP contribution in [-0.2, 0) is 0 Å². The minimum Gasteiger partial charge on any atom is -0.0884 e. The second kappa shape index (κ2) is 2.04. The van der Waals surface area contributed by atoms with Gasteiger partial charge in [-0.1, -0.05) is 36.7 Å². The number of fused-ring (bicyclic) bond motifs is 2. The third-order valence-corrected chi connectivity index (χ3v) is 6.07. The average molecular weight is 217 g/mol. The summed E-state index contributed by atoms with van der Waals surface area (Å²) in [5.74, 6) is 0.983. The molecule has 0 spiro atoms. The maximum Gasteiger partial charge on any atom is 0.0207 e. The zero-order chi connectivity index (χ0) is 8.28. The van der Waals surface area contributed by atoms with Crippen LogP contribution in [-0.4, -0.2) is 4.83 Å². The summed E-state index contributed by atoms with van der Waals surface area (Å²) in [5, 5.41) is 0. The van der Waals surface area contributed by atoms with Crippen LogP contribution in [0.15, 0.2) is 0 Å². The maximum atomic E-state index is 3.83. The Morgan fingerprint density at radius 2 is 1.91 bits per heavy atom. The first kappa shape index (κ1) is 8.10. The van der Waals surface area contributed by atoms with Gasteiger partial charge in [-0.3, -0.25) is 0 Å². The molecule has 0 aromatic carbocycles. The van der Waals surface area contributed by atoms with Crippen molar-refractivity contribution in [1.29, 1.82) is 0 Å². The molecule has 3 atom stereocenters. The van der Waals surface area contributed by atoms with Crippen molar-refractivity contribution in [2.45, 2.75) is 44.9 Å². The van der Waals surface area contributed by atoms with E-state index >= 15 is 0 Å². The van der Waals surface area contributed by atoms with Crippen LogP contribution >= 0.6 is 15.9 Å². The summed E-state index contributed by atoms with van der Waals surface area (Å²) in [6.07, 6.45) is 4.30. The van der Waals surface area contributed by atoms with E-state index in [1.807, 2.05) is 0 Å². The van der Waals surface area contributed by atoms with Crippen molar-refractivity contribution in [3.05, 3.63) is 0 Å². The molecule has 64 valence electrons. The third-order valence-electron chi connectivity index (χ3n) is 4.69.